The molecule has 1 saturated carbocycles. The van der Waals surface area contributed by atoms with Crippen LogP contribution in [0.2, 0.25) is 0 Å². The molecule has 7 nitrogen and oxygen atoms in total. The lowest BCUT2D eigenvalue weighted by atomic mass is 9.71. The Labute approximate surface area is 136 Å². The summed E-state index contributed by atoms with van der Waals surface area (Å²) in [6.07, 6.45) is 5.55. The summed E-state index contributed by atoms with van der Waals surface area (Å²) in [5, 5.41) is 3.07. The van der Waals surface area contributed by atoms with Crippen molar-refractivity contribution >= 4 is 23.4 Å². The minimum absolute atomic E-state index is 0.0754. The molecule has 0 saturated heterocycles. The molecule has 1 spiro atoms. The molecule has 3 amide bonds. The molecule has 0 aromatic heterocycles. The van der Waals surface area contributed by atoms with Gasteiger partial charge < -0.3 is 16.8 Å². The van der Waals surface area contributed by atoms with Gasteiger partial charge in [0.05, 0.1) is 5.41 Å². The van der Waals surface area contributed by atoms with Gasteiger partial charge in [-0.25, -0.2) is 0 Å². The third-order valence-electron chi connectivity index (χ3n) is 5.13. The molecule has 2 aliphatic rings. The van der Waals surface area contributed by atoms with Crippen molar-refractivity contribution in [2.45, 2.75) is 70.4 Å². The molecule has 5 N–H and O–H groups in total. The van der Waals surface area contributed by atoms with Crippen molar-refractivity contribution in [1.82, 2.24) is 5.32 Å². The highest BCUT2D eigenvalue weighted by atomic mass is 16.2. The van der Waals surface area contributed by atoms with Crippen molar-refractivity contribution in [3.8, 4) is 0 Å². The van der Waals surface area contributed by atoms with Crippen LogP contribution in [0.5, 0.6) is 0 Å². The van der Waals surface area contributed by atoms with Crippen LogP contribution in [0, 0.1) is 5.41 Å². The van der Waals surface area contributed by atoms with Gasteiger partial charge in [-0.1, -0.05) is 6.42 Å². The van der Waals surface area contributed by atoms with Crippen LogP contribution in [0.4, 0.5) is 0 Å². The van der Waals surface area contributed by atoms with Gasteiger partial charge in [0.2, 0.25) is 17.7 Å². The van der Waals surface area contributed by atoms with E-state index in [1.165, 1.54) is 0 Å². The zero-order chi connectivity index (χ0) is 17.1. The molecule has 1 heterocycles. The van der Waals surface area contributed by atoms with Gasteiger partial charge in [-0.15, -0.1) is 0 Å². The Bertz CT molecular complexity index is 517. The van der Waals surface area contributed by atoms with Gasteiger partial charge in [-0.2, -0.15) is 0 Å². The quantitative estimate of drug-likeness (QED) is 0.667. The summed E-state index contributed by atoms with van der Waals surface area (Å²) in [5.74, 6) is -1.10. The Hall–Kier alpha value is -1.92. The van der Waals surface area contributed by atoms with E-state index in [-0.39, 0.29) is 31.6 Å². The zero-order valence-electron chi connectivity index (χ0n) is 13.7. The fraction of sp³-hybridized carbons (Fsp3) is 0.750. The first-order valence-electron chi connectivity index (χ1n) is 8.26. The second kappa shape index (κ2) is 6.68. The third kappa shape index (κ3) is 3.71. The molecule has 0 aromatic carbocycles. The molecule has 23 heavy (non-hydrogen) atoms. The molecule has 0 aromatic rings. The first-order chi connectivity index (χ1) is 10.8. The van der Waals surface area contributed by atoms with Crippen molar-refractivity contribution in [3.05, 3.63) is 0 Å². The van der Waals surface area contributed by atoms with Crippen molar-refractivity contribution in [2.24, 2.45) is 21.9 Å². The van der Waals surface area contributed by atoms with Gasteiger partial charge >= 0.3 is 0 Å². The fourth-order valence-electron chi connectivity index (χ4n) is 3.71. The van der Waals surface area contributed by atoms with Gasteiger partial charge in [0.25, 0.3) is 0 Å². The average molecular weight is 322 g/mol. The maximum atomic E-state index is 12.9. The lowest BCUT2D eigenvalue weighted by Crippen LogP contribution is -2.60. The number of aliphatic imine (C=N–C) groups is 1. The van der Waals surface area contributed by atoms with Crippen LogP contribution in [-0.2, 0) is 14.4 Å². The topological polar surface area (TPSA) is 128 Å². The molecule has 7 heteroatoms. The molecule has 0 unspecified atom stereocenters. The van der Waals surface area contributed by atoms with E-state index in [9.17, 15) is 14.4 Å². The third-order valence-corrected chi connectivity index (χ3v) is 5.13. The minimum Gasteiger partial charge on any atom is -0.370 e. The molecule has 0 radical (unpaired) electrons. The number of hydrogen-bond acceptors (Lipinski definition) is 4. The molecular weight excluding hydrogens is 296 g/mol. The van der Waals surface area contributed by atoms with E-state index in [4.69, 9.17) is 16.5 Å². The van der Waals surface area contributed by atoms with Gasteiger partial charge in [0.1, 0.15) is 5.66 Å². The highest BCUT2D eigenvalue weighted by molar-refractivity contribution is 6.10. The van der Waals surface area contributed by atoms with Crippen LogP contribution in [0.15, 0.2) is 4.99 Å². The molecular formula is C16H26N4O3. The van der Waals surface area contributed by atoms with Crippen molar-refractivity contribution in [1.29, 1.82) is 0 Å². The van der Waals surface area contributed by atoms with Crippen LogP contribution in [-0.4, -0.2) is 29.1 Å². The van der Waals surface area contributed by atoms with E-state index in [0.29, 0.717) is 5.71 Å². The Morgan fingerprint density at radius 1 is 1.09 bits per heavy atom. The largest absolute Gasteiger partial charge is 0.370 e. The van der Waals surface area contributed by atoms with Crippen LogP contribution in [0.1, 0.15) is 64.7 Å². The number of nitrogens with two attached hydrogens (primary N) is 2. The summed E-state index contributed by atoms with van der Waals surface area (Å²) in [4.78, 5) is 40.1. The standard InChI is InChI=1S/C16H26N4O3/c1-11-15(9-5-12(17)21,10-6-13(18)22)14(23)20-16(19-11)7-3-2-4-8-16/h2-10H2,1H3,(H2,17,21)(H2,18,22)(H,20,23). The van der Waals surface area contributed by atoms with Crippen LogP contribution in [0.3, 0.4) is 0 Å². The number of carbonyl (C=O) groups is 3. The van der Waals surface area contributed by atoms with Crippen LogP contribution >= 0.6 is 0 Å². The van der Waals surface area contributed by atoms with E-state index in [1.807, 2.05) is 6.92 Å². The zero-order valence-corrected chi connectivity index (χ0v) is 13.7. The molecule has 1 aliphatic carbocycles. The number of carbonyl (C=O) groups excluding carboxylic acids is 3. The maximum absolute atomic E-state index is 12.9. The highest BCUT2D eigenvalue weighted by Gasteiger charge is 2.49. The van der Waals surface area contributed by atoms with Gasteiger partial charge in [-0.3, -0.25) is 19.4 Å². The first-order valence-corrected chi connectivity index (χ1v) is 8.26. The minimum atomic E-state index is -0.966. The van der Waals surface area contributed by atoms with Gasteiger partial charge in [-0.05, 0) is 45.4 Å². The first kappa shape index (κ1) is 17.4. The van der Waals surface area contributed by atoms with E-state index in [1.54, 1.807) is 0 Å². The van der Waals surface area contributed by atoms with E-state index in [0.717, 1.165) is 32.1 Å². The summed E-state index contributed by atoms with van der Waals surface area (Å²) in [6.45, 7) is 1.82. The lowest BCUT2D eigenvalue weighted by Gasteiger charge is -2.45. The summed E-state index contributed by atoms with van der Waals surface area (Å²) < 4.78 is 0. The van der Waals surface area contributed by atoms with Crippen LogP contribution < -0.4 is 16.8 Å². The van der Waals surface area contributed by atoms with Gasteiger partial charge in [0.15, 0.2) is 0 Å². The number of nitrogens with one attached hydrogen (secondary N) is 1. The molecule has 0 atom stereocenters. The predicted octanol–water partition coefficient (Wildman–Crippen LogP) is 0.755. The second-order valence-electron chi connectivity index (χ2n) is 6.76. The maximum Gasteiger partial charge on any atom is 0.233 e. The Kier molecular flexibility index (Phi) is 5.06. The molecule has 1 fully saturated rings. The van der Waals surface area contributed by atoms with Gasteiger partial charge in [0, 0.05) is 18.6 Å². The van der Waals surface area contributed by atoms with E-state index in [2.05, 4.69) is 5.32 Å². The summed E-state index contributed by atoms with van der Waals surface area (Å²) in [6, 6.07) is 0. The van der Waals surface area contributed by atoms with E-state index >= 15 is 0 Å². The summed E-state index contributed by atoms with van der Waals surface area (Å²) in [7, 11) is 0. The molecule has 0 bridgehead atoms. The lowest BCUT2D eigenvalue weighted by molar-refractivity contribution is -0.132. The number of amides is 3. The Morgan fingerprint density at radius 3 is 2.04 bits per heavy atom. The van der Waals surface area contributed by atoms with Crippen LogP contribution in [0.25, 0.3) is 0 Å². The fourth-order valence-corrected chi connectivity index (χ4v) is 3.71. The normalized spacial score (nSPS) is 22.3. The van der Waals surface area contributed by atoms with E-state index < -0.39 is 22.9 Å². The Morgan fingerprint density at radius 2 is 1.61 bits per heavy atom. The average Bonchev–Trinajstić information content (AvgIpc) is 2.46. The van der Waals surface area contributed by atoms with Crippen molar-refractivity contribution in [3.63, 3.8) is 0 Å². The Balaban J connectivity index is 2.31. The SMILES string of the molecule is CC1=NC2(CCCCC2)NC(=O)C1(CCC(N)=O)CCC(N)=O. The van der Waals surface area contributed by atoms with Crippen molar-refractivity contribution < 1.29 is 14.4 Å². The number of hydrogen-bond donors (Lipinski definition) is 3. The van der Waals surface area contributed by atoms with Crippen molar-refractivity contribution in [2.75, 3.05) is 0 Å². The monoisotopic (exact) mass is 322 g/mol. The summed E-state index contributed by atoms with van der Waals surface area (Å²) >= 11 is 0. The highest BCUT2D eigenvalue weighted by Crippen LogP contribution is 2.40. The summed E-state index contributed by atoms with van der Waals surface area (Å²) in [5.41, 5.74) is 9.71. The molecule has 1 aliphatic heterocycles. The number of nitrogens with zero attached hydrogens (tertiary/aromatic N) is 1. The molecule has 128 valence electrons. The second-order valence-corrected chi connectivity index (χ2v) is 6.76. The predicted molar refractivity (Wildman–Crippen MR) is 86.4 cm³/mol. The number of primary amides is 2. The number of rotatable bonds is 6. The molecule has 2 rings (SSSR count). The smallest absolute Gasteiger partial charge is 0.233 e.